The van der Waals surface area contributed by atoms with Gasteiger partial charge in [-0.2, -0.15) is 5.10 Å². The molecule has 0 spiro atoms. The van der Waals surface area contributed by atoms with Crippen molar-refractivity contribution < 1.29 is 4.79 Å². The van der Waals surface area contributed by atoms with Crippen molar-refractivity contribution in [2.75, 3.05) is 36.4 Å². The van der Waals surface area contributed by atoms with Crippen molar-refractivity contribution in [1.82, 2.24) is 20.1 Å². The van der Waals surface area contributed by atoms with Crippen molar-refractivity contribution >= 4 is 28.9 Å². The fourth-order valence-electron chi connectivity index (χ4n) is 3.10. The number of anilines is 2. The third-order valence-electron chi connectivity index (χ3n) is 4.50. The van der Waals surface area contributed by atoms with E-state index in [0.29, 0.717) is 13.1 Å². The summed E-state index contributed by atoms with van der Waals surface area (Å²) in [6.45, 7) is 4.79. The molecule has 138 valence electrons. The van der Waals surface area contributed by atoms with Gasteiger partial charge >= 0.3 is 6.03 Å². The van der Waals surface area contributed by atoms with E-state index in [9.17, 15) is 4.79 Å². The van der Waals surface area contributed by atoms with Crippen LogP contribution in [0, 0.1) is 6.92 Å². The van der Waals surface area contributed by atoms with E-state index in [1.165, 1.54) is 4.88 Å². The highest BCUT2D eigenvalue weighted by Crippen LogP contribution is 2.29. The van der Waals surface area contributed by atoms with E-state index in [2.05, 4.69) is 43.8 Å². The zero-order chi connectivity index (χ0) is 18.6. The second-order valence-corrected chi connectivity index (χ2v) is 7.45. The van der Waals surface area contributed by atoms with Crippen LogP contribution in [-0.4, -0.2) is 52.3 Å². The van der Waals surface area contributed by atoms with Gasteiger partial charge in [-0.1, -0.05) is 0 Å². The maximum atomic E-state index is 12.7. The Bertz CT molecular complexity index is 921. The lowest BCUT2D eigenvalue weighted by Crippen LogP contribution is -2.50. The first-order chi connectivity index (χ1) is 13.2. The monoisotopic (exact) mass is 380 g/mol. The molecule has 0 saturated carbocycles. The average Bonchev–Trinajstić information content (AvgIpc) is 3.15. The number of carbonyl (C=O) groups is 1. The molecule has 2 amide bonds. The van der Waals surface area contributed by atoms with E-state index in [0.717, 1.165) is 35.9 Å². The second kappa shape index (κ2) is 7.71. The molecule has 0 aliphatic carbocycles. The summed E-state index contributed by atoms with van der Waals surface area (Å²) in [7, 11) is 0. The quantitative estimate of drug-likeness (QED) is 0.755. The van der Waals surface area contributed by atoms with Crippen LogP contribution in [0.25, 0.3) is 11.3 Å². The molecule has 27 heavy (non-hydrogen) atoms. The summed E-state index contributed by atoms with van der Waals surface area (Å²) in [6, 6.07) is 9.52. The molecule has 0 aromatic carbocycles. The van der Waals surface area contributed by atoms with E-state index in [-0.39, 0.29) is 6.03 Å². The molecule has 4 heterocycles. The SMILES string of the molecule is Cc1cc(-c2ncccc2NC(=O)N2CCN(c3cccnn3)CC2)cs1. The number of piperazine rings is 1. The number of rotatable bonds is 3. The topological polar surface area (TPSA) is 74.2 Å². The van der Waals surface area contributed by atoms with E-state index < -0.39 is 0 Å². The Labute approximate surface area is 161 Å². The Morgan fingerprint density at radius 2 is 1.96 bits per heavy atom. The largest absolute Gasteiger partial charge is 0.352 e. The maximum absolute atomic E-state index is 12.7. The number of nitrogens with one attached hydrogen (secondary N) is 1. The van der Waals surface area contributed by atoms with E-state index in [4.69, 9.17) is 0 Å². The van der Waals surface area contributed by atoms with Crippen molar-refractivity contribution in [2.45, 2.75) is 6.92 Å². The summed E-state index contributed by atoms with van der Waals surface area (Å²) < 4.78 is 0. The number of nitrogens with zero attached hydrogens (tertiary/aromatic N) is 5. The van der Waals surface area contributed by atoms with Crippen LogP contribution in [0.3, 0.4) is 0 Å². The molecule has 0 unspecified atom stereocenters. The zero-order valence-corrected chi connectivity index (χ0v) is 15.8. The molecule has 1 saturated heterocycles. The predicted molar refractivity (Wildman–Crippen MR) is 107 cm³/mol. The van der Waals surface area contributed by atoms with E-state index in [1.54, 1.807) is 23.7 Å². The van der Waals surface area contributed by atoms with Gasteiger partial charge in [-0.05, 0) is 37.3 Å². The predicted octanol–water partition coefficient (Wildman–Crippen LogP) is 3.26. The minimum atomic E-state index is -0.102. The fraction of sp³-hybridized carbons (Fsp3) is 0.263. The van der Waals surface area contributed by atoms with Crippen LogP contribution in [0.4, 0.5) is 16.3 Å². The molecule has 0 atom stereocenters. The van der Waals surface area contributed by atoms with Gasteiger partial charge in [0.15, 0.2) is 5.82 Å². The van der Waals surface area contributed by atoms with E-state index >= 15 is 0 Å². The third-order valence-corrected chi connectivity index (χ3v) is 5.36. The van der Waals surface area contributed by atoms with Crippen LogP contribution in [-0.2, 0) is 0 Å². The Hall–Kier alpha value is -3.00. The van der Waals surface area contributed by atoms with Crippen LogP contribution >= 0.6 is 11.3 Å². The van der Waals surface area contributed by atoms with Crippen LogP contribution in [0.15, 0.2) is 48.1 Å². The van der Waals surface area contributed by atoms with Gasteiger partial charge in [-0.25, -0.2) is 4.79 Å². The summed E-state index contributed by atoms with van der Waals surface area (Å²) in [5.74, 6) is 0.847. The number of hydrogen-bond donors (Lipinski definition) is 1. The van der Waals surface area contributed by atoms with Crippen molar-refractivity contribution in [3.63, 3.8) is 0 Å². The summed E-state index contributed by atoms with van der Waals surface area (Å²) in [4.78, 5) is 22.4. The second-order valence-electron chi connectivity index (χ2n) is 6.33. The first kappa shape index (κ1) is 17.4. The van der Waals surface area contributed by atoms with Gasteiger partial charge in [0.25, 0.3) is 0 Å². The van der Waals surface area contributed by atoms with Crippen LogP contribution in [0.5, 0.6) is 0 Å². The highest BCUT2D eigenvalue weighted by Gasteiger charge is 2.23. The Morgan fingerprint density at radius 1 is 1.15 bits per heavy atom. The standard InChI is InChI=1S/C19H20N6OS/c1-14-12-15(13-27-14)18-16(4-2-6-20-18)22-19(26)25-10-8-24(9-11-25)17-5-3-7-21-23-17/h2-7,12-13H,8-11H2,1H3,(H,22,26). The van der Waals surface area contributed by atoms with Gasteiger partial charge in [-0.15, -0.1) is 16.4 Å². The highest BCUT2D eigenvalue weighted by molar-refractivity contribution is 7.10. The molecule has 1 fully saturated rings. The van der Waals surface area contributed by atoms with Gasteiger partial charge in [0.1, 0.15) is 0 Å². The van der Waals surface area contributed by atoms with Gasteiger partial charge in [-0.3, -0.25) is 4.98 Å². The summed E-state index contributed by atoms with van der Waals surface area (Å²) >= 11 is 1.67. The van der Waals surface area contributed by atoms with Crippen LogP contribution in [0.2, 0.25) is 0 Å². The van der Waals surface area contributed by atoms with Gasteiger partial charge in [0.2, 0.25) is 0 Å². The first-order valence-corrected chi connectivity index (χ1v) is 9.68. The smallest absolute Gasteiger partial charge is 0.322 e. The average molecular weight is 380 g/mol. The Morgan fingerprint density at radius 3 is 2.67 bits per heavy atom. The summed E-state index contributed by atoms with van der Waals surface area (Å²) in [5, 5.41) is 13.1. The van der Waals surface area contributed by atoms with E-state index in [1.807, 2.05) is 29.2 Å². The molecule has 3 aromatic heterocycles. The molecule has 1 N–H and O–H groups in total. The number of aromatic nitrogens is 3. The molecule has 1 aliphatic rings. The van der Waals surface area contributed by atoms with Crippen molar-refractivity contribution in [3.05, 3.63) is 53.0 Å². The lowest BCUT2D eigenvalue weighted by molar-refractivity contribution is 0.208. The number of thiophene rings is 1. The maximum Gasteiger partial charge on any atom is 0.322 e. The zero-order valence-electron chi connectivity index (χ0n) is 15.0. The highest BCUT2D eigenvalue weighted by atomic mass is 32.1. The van der Waals surface area contributed by atoms with Gasteiger partial charge in [0, 0.05) is 54.4 Å². The number of hydrogen-bond acceptors (Lipinski definition) is 6. The molecular weight excluding hydrogens is 360 g/mol. The normalized spacial score (nSPS) is 14.3. The molecule has 8 heteroatoms. The fourth-order valence-corrected chi connectivity index (χ4v) is 3.79. The molecule has 1 aliphatic heterocycles. The minimum Gasteiger partial charge on any atom is -0.352 e. The molecule has 0 radical (unpaired) electrons. The number of aryl methyl sites for hydroxylation is 1. The van der Waals surface area contributed by atoms with Gasteiger partial charge in [0.05, 0.1) is 11.4 Å². The Balaban J connectivity index is 1.42. The van der Waals surface area contributed by atoms with Crippen LogP contribution in [0.1, 0.15) is 4.88 Å². The van der Waals surface area contributed by atoms with Gasteiger partial charge < -0.3 is 15.1 Å². The summed E-state index contributed by atoms with van der Waals surface area (Å²) in [5.41, 5.74) is 2.56. The number of carbonyl (C=O) groups excluding carboxylic acids is 1. The number of urea groups is 1. The number of amides is 2. The molecule has 4 rings (SSSR count). The first-order valence-electron chi connectivity index (χ1n) is 8.80. The molecule has 0 bridgehead atoms. The lowest BCUT2D eigenvalue weighted by Gasteiger charge is -2.35. The van der Waals surface area contributed by atoms with Crippen molar-refractivity contribution in [3.8, 4) is 11.3 Å². The van der Waals surface area contributed by atoms with Crippen molar-refractivity contribution in [2.24, 2.45) is 0 Å². The van der Waals surface area contributed by atoms with Crippen molar-refractivity contribution in [1.29, 1.82) is 0 Å². The van der Waals surface area contributed by atoms with Crippen LogP contribution < -0.4 is 10.2 Å². The third kappa shape index (κ3) is 3.90. The number of pyridine rings is 1. The molecular formula is C19H20N6OS. The lowest BCUT2D eigenvalue weighted by atomic mass is 10.2. The Kier molecular flexibility index (Phi) is 4.97. The molecule has 3 aromatic rings. The minimum absolute atomic E-state index is 0.102. The molecule has 7 nitrogen and oxygen atoms in total. The summed E-state index contributed by atoms with van der Waals surface area (Å²) in [6.07, 6.45) is 3.41.